The highest BCUT2D eigenvalue weighted by atomic mass is 16.5. The number of aliphatic hydroxyl groups is 1. The average Bonchev–Trinajstić information content (AvgIpc) is 2.27. The lowest BCUT2D eigenvalue weighted by atomic mass is 10.0. The van der Waals surface area contributed by atoms with Crippen molar-refractivity contribution in [1.29, 1.82) is 0 Å². The fourth-order valence-corrected chi connectivity index (χ4v) is 1.48. The first-order valence-corrected chi connectivity index (χ1v) is 6.06. The maximum Gasteiger partial charge on any atom is 0.169 e. The molecule has 1 aromatic heterocycles. The summed E-state index contributed by atoms with van der Waals surface area (Å²) in [5, 5.41) is 12.3. The Morgan fingerprint density at radius 2 is 2.24 bits per heavy atom. The third-order valence-electron chi connectivity index (χ3n) is 2.43. The van der Waals surface area contributed by atoms with Crippen LogP contribution in [0, 0.1) is 0 Å². The minimum absolute atomic E-state index is 0.151. The Kier molecular flexibility index (Phi) is 5.22. The minimum atomic E-state index is -0.201. The lowest BCUT2D eigenvalue weighted by Crippen LogP contribution is -2.32. The van der Waals surface area contributed by atoms with Crippen molar-refractivity contribution in [3.8, 4) is 5.75 Å². The molecule has 0 spiro atoms. The molecule has 0 saturated carbocycles. The van der Waals surface area contributed by atoms with Gasteiger partial charge in [0.15, 0.2) is 11.6 Å². The van der Waals surface area contributed by atoms with E-state index in [-0.39, 0.29) is 12.1 Å². The van der Waals surface area contributed by atoms with Crippen molar-refractivity contribution in [1.82, 2.24) is 4.98 Å². The van der Waals surface area contributed by atoms with Gasteiger partial charge in [-0.2, -0.15) is 0 Å². The topological polar surface area (TPSA) is 54.4 Å². The van der Waals surface area contributed by atoms with Gasteiger partial charge in [-0.05, 0) is 38.8 Å². The quantitative estimate of drug-likeness (QED) is 0.766. The van der Waals surface area contributed by atoms with Crippen LogP contribution in [0.1, 0.15) is 33.6 Å². The molecule has 0 bridgehead atoms. The summed E-state index contributed by atoms with van der Waals surface area (Å²) in [6.07, 6.45) is 3.36. The standard InChI is InChI=1S/C13H22N2O2/c1-4-10-17-11-6-5-8-14-12(11)15-13(2,3)7-9-16/h5-6,8,16H,4,7,9-10H2,1-3H3,(H,14,15). The summed E-state index contributed by atoms with van der Waals surface area (Å²) in [6, 6.07) is 3.76. The van der Waals surface area contributed by atoms with E-state index in [4.69, 9.17) is 9.84 Å². The number of hydrogen-bond donors (Lipinski definition) is 2. The van der Waals surface area contributed by atoms with E-state index in [1.807, 2.05) is 26.0 Å². The molecule has 0 radical (unpaired) electrons. The summed E-state index contributed by atoms with van der Waals surface area (Å²) in [4.78, 5) is 4.28. The van der Waals surface area contributed by atoms with E-state index in [2.05, 4.69) is 17.2 Å². The molecule has 0 atom stereocenters. The number of nitrogens with one attached hydrogen (secondary N) is 1. The van der Waals surface area contributed by atoms with E-state index >= 15 is 0 Å². The van der Waals surface area contributed by atoms with Crippen molar-refractivity contribution < 1.29 is 9.84 Å². The Balaban J connectivity index is 2.75. The summed E-state index contributed by atoms with van der Waals surface area (Å²) in [5.41, 5.74) is -0.201. The molecular weight excluding hydrogens is 216 g/mol. The predicted octanol–water partition coefficient (Wildman–Crippen LogP) is 2.44. The molecule has 2 N–H and O–H groups in total. The fourth-order valence-electron chi connectivity index (χ4n) is 1.48. The summed E-state index contributed by atoms with van der Waals surface area (Å²) >= 11 is 0. The summed E-state index contributed by atoms with van der Waals surface area (Å²) in [5.74, 6) is 1.50. The second-order valence-corrected chi connectivity index (χ2v) is 4.68. The van der Waals surface area contributed by atoms with Crippen LogP contribution in [0.5, 0.6) is 5.75 Å². The van der Waals surface area contributed by atoms with E-state index in [0.29, 0.717) is 13.0 Å². The number of aromatic nitrogens is 1. The molecule has 4 heteroatoms. The number of ether oxygens (including phenoxy) is 1. The van der Waals surface area contributed by atoms with Crippen LogP contribution in [0.3, 0.4) is 0 Å². The van der Waals surface area contributed by atoms with Gasteiger partial charge in [-0.25, -0.2) is 4.98 Å². The molecule has 0 aromatic carbocycles. The van der Waals surface area contributed by atoms with Gasteiger partial charge in [0.05, 0.1) is 6.61 Å². The van der Waals surface area contributed by atoms with Crippen LogP contribution in [0.2, 0.25) is 0 Å². The van der Waals surface area contributed by atoms with Crippen molar-refractivity contribution in [3.63, 3.8) is 0 Å². The molecule has 1 aromatic rings. The van der Waals surface area contributed by atoms with Gasteiger partial charge >= 0.3 is 0 Å². The molecule has 0 saturated heterocycles. The van der Waals surface area contributed by atoms with E-state index in [1.54, 1.807) is 6.20 Å². The fraction of sp³-hybridized carbons (Fsp3) is 0.615. The number of nitrogens with zero attached hydrogens (tertiary/aromatic N) is 1. The molecule has 0 aliphatic rings. The van der Waals surface area contributed by atoms with Gasteiger partial charge < -0.3 is 15.2 Å². The first-order chi connectivity index (χ1) is 8.09. The van der Waals surface area contributed by atoms with Crippen LogP contribution >= 0.6 is 0 Å². The molecule has 4 nitrogen and oxygen atoms in total. The zero-order valence-electron chi connectivity index (χ0n) is 10.9. The lowest BCUT2D eigenvalue weighted by molar-refractivity contribution is 0.260. The largest absolute Gasteiger partial charge is 0.490 e. The number of pyridine rings is 1. The van der Waals surface area contributed by atoms with Crippen LogP contribution in [0.25, 0.3) is 0 Å². The van der Waals surface area contributed by atoms with Crippen molar-refractivity contribution >= 4 is 5.82 Å². The SMILES string of the molecule is CCCOc1cccnc1NC(C)(C)CCO. The molecule has 17 heavy (non-hydrogen) atoms. The molecule has 0 fully saturated rings. The van der Waals surface area contributed by atoms with Crippen molar-refractivity contribution in [2.45, 2.75) is 39.2 Å². The highest BCUT2D eigenvalue weighted by Gasteiger charge is 2.19. The lowest BCUT2D eigenvalue weighted by Gasteiger charge is -2.27. The van der Waals surface area contributed by atoms with Gasteiger partial charge in [0.2, 0.25) is 0 Å². The highest BCUT2D eigenvalue weighted by molar-refractivity contribution is 5.51. The van der Waals surface area contributed by atoms with E-state index < -0.39 is 0 Å². The number of rotatable bonds is 7. The van der Waals surface area contributed by atoms with Gasteiger partial charge in [0, 0.05) is 18.3 Å². The second kappa shape index (κ2) is 6.45. The van der Waals surface area contributed by atoms with Gasteiger partial charge in [0.25, 0.3) is 0 Å². The molecular formula is C13H22N2O2. The molecule has 0 unspecified atom stereocenters. The number of anilines is 1. The number of aliphatic hydroxyl groups excluding tert-OH is 1. The first-order valence-electron chi connectivity index (χ1n) is 6.06. The van der Waals surface area contributed by atoms with Crippen LogP contribution in [0.15, 0.2) is 18.3 Å². The Morgan fingerprint density at radius 1 is 1.47 bits per heavy atom. The maximum atomic E-state index is 9.00. The summed E-state index contributed by atoms with van der Waals surface area (Å²) in [7, 11) is 0. The monoisotopic (exact) mass is 238 g/mol. The van der Waals surface area contributed by atoms with Crippen LogP contribution in [0.4, 0.5) is 5.82 Å². The van der Waals surface area contributed by atoms with E-state index in [9.17, 15) is 0 Å². The van der Waals surface area contributed by atoms with Gasteiger partial charge in [-0.15, -0.1) is 0 Å². The normalized spacial score (nSPS) is 11.3. The Morgan fingerprint density at radius 3 is 2.88 bits per heavy atom. The zero-order valence-corrected chi connectivity index (χ0v) is 10.9. The first kappa shape index (κ1) is 13.8. The summed E-state index contributed by atoms with van der Waals surface area (Å²) < 4.78 is 5.62. The summed E-state index contributed by atoms with van der Waals surface area (Å²) in [6.45, 7) is 6.96. The maximum absolute atomic E-state index is 9.00. The molecule has 96 valence electrons. The van der Waals surface area contributed by atoms with Crippen LogP contribution in [-0.2, 0) is 0 Å². The van der Waals surface area contributed by atoms with Crippen LogP contribution in [-0.4, -0.2) is 28.8 Å². The van der Waals surface area contributed by atoms with Crippen LogP contribution < -0.4 is 10.1 Å². The van der Waals surface area contributed by atoms with Crippen molar-refractivity contribution in [3.05, 3.63) is 18.3 Å². The van der Waals surface area contributed by atoms with Gasteiger partial charge in [0.1, 0.15) is 0 Å². The van der Waals surface area contributed by atoms with Gasteiger partial charge in [-0.3, -0.25) is 0 Å². The van der Waals surface area contributed by atoms with Crippen molar-refractivity contribution in [2.24, 2.45) is 0 Å². The second-order valence-electron chi connectivity index (χ2n) is 4.68. The molecule has 1 heterocycles. The van der Waals surface area contributed by atoms with Gasteiger partial charge in [-0.1, -0.05) is 6.92 Å². The Bertz CT molecular complexity index is 340. The smallest absolute Gasteiger partial charge is 0.169 e. The van der Waals surface area contributed by atoms with E-state index in [0.717, 1.165) is 18.0 Å². The predicted molar refractivity (Wildman–Crippen MR) is 69.4 cm³/mol. The van der Waals surface area contributed by atoms with Crippen molar-refractivity contribution in [2.75, 3.05) is 18.5 Å². The third kappa shape index (κ3) is 4.61. The molecule has 1 rings (SSSR count). The molecule has 0 aliphatic heterocycles. The molecule has 0 aliphatic carbocycles. The number of hydrogen-bond acceptors (Lipinski definition) is 4. The highest BCUT2D eigenvalue weighted by Crippen LogP contribution is 2.25. The zero-order chi connectivity index (χ0) is 12.7. The Labute approximate surface area is 103 Å². The molecule has 0 amide bonds. The Hall–Kier alpha value is -1.29. The average molecular weight is 238 g/mol. The third-order valence-corrected chi connectivity index (χ3v) is 2.43. The minimum Gasteiger partial charge on any atom is -0.490 e. The van der Waals surface area contributed by atoms with E-state index in [1.165, 1.54) is 0 Å².